The van der Waals surface area contributed by atoms with Crippen molar-refractivity contribution >= 4 is 0 Å². The smallest absolute Gasteiger partial charge is 0.0166 e. The van der Waals surface area contributed by atoms with Gasteiger partial charge in [-0.25, -0.2) is 0 Å². The summed E-state index contributed by atoms with van der Waals surface area (Å²) in [4.78, 5) is 0. The van der Waals surface area contributed by atoms with Crippen molar-refractivity contribution in [2.45, 2.75) is 19.3 Å². The van der Waals surface area contributed by atoms with E-state index in [2.05, 4.69) is 55.0 Å². The SMILES string of the molecule is [CH]1C=CCC=CC=CC=CCC1. The van der Waals surface area contributed by atoms with E-state index in [-0.39, 0.29) is 0 Å². The maximum atomic E-state index is 2.21. The Morgan fingerprint density at radius 3 is 2.25 bits per heavy atom. The number of allylic oxidation sites excluding steroid dienone is 8. The fourth-order valence-electron chi connectivity index (χ4n) is 1.00. The van der Waals surface area contributed by atoms with E-state index in [0.717, 1.165) is 19.3 Å². The Balaban J connectivity index is 2.42. The van der Waals surface area contributed by atoms with Crippen molar-refractivity contribution in [2.24, 2.45) is 0 Å². The first-order chi connectivity index (χ1) is 6.00. The van der Waals surface area contributed by atoms with Crippen LogP contribution in [0.15, 0.2) is 48.6 Å². The zero-order valence-electron chi connectivity index (χ0n) is 7.32. The summed E-state index contributed by atoms with van der Waals surface area (Å²) in [6.07, 6.45) is 22.5. The second-order valence-electron chi connectivity index (χ2n) is 2.72. The van der Waals surface area contributed by atoms with Crippen molar-refractivity contribution in [1.29, 1.82) is 0 Å². The van der Waals surface area contributed by atoms with Crippen LogP contribution in [0.4, 0.5) is 0 Å². The van der Waals surface area contributed by atoms with Crippen LogP contribution in [0.1, 0.15) is 19.3 Å². The summed E-state index contributed by atoms with van der Waals surface area (Å²) < 4.78 is 0. The van der Waals surface area contributed by atoms with Gasteiger partial charge in [-0.2, -0.15) is 0 Å². The largest absolute Gasteiger partial charge is 0.0845 e. The third kappa shape index (κ3) is 4.73. The van der Waals surface area contributed by atoms with Gasteiger partial charge in [0.25, 0.3) is 0 Å². The van der Waals surface area contributed by atoms with Crippen molar-refractivity contribution in [3.8, 4) is 0 Å². The van der Waals surface area contributed by atoms with Crippen LogP contribution in [-0.4, -0.2) is 0 Å². The second kappa shape index (κ2) is 6.66. The van der Waals surface area contributed by atoms with Crippen molar-refractivity contribution in [2.75, 3.05) is 0 Å². The number of rotatable bonds is 0. The van der Waals surface area contributed by atoms with Gasteiger partial charge in [-0.05, 0) is 25.7 Å². The first-order valence-corrected chi connectivity index (χ1v) is 4.47. The van der Waals surface area contributed by atoms with Crippen molar-refractivity contribution in [3.05, 3.63) is 55.0 Å². The Kier molecular flexibility index (Phi) is 5.02. The summed E-state index contributed by atoms with van der Waals surface area (Å²) in [5, 5.41) is 0. The van der Waals surface area contributed by atoms with Gasteiger partial charge in [-0.3, -0.25) is 0 Å². The molecule has 0 heteroatoms. The third-order valence-electron chi connectivity index (χ3n) is 1.65. The molecule has 0 spiro atoms. The summed E-state index contributed by atoms with van der Waals surface area (Å²) in [6.45, 7) is 0. The quantitative estimate of drug-likeness (QED) is 0.506. The molecule has 1 rings (SSSR count). The van der Waals surface area contributed by atoms with Crippen LogP contribution in [0, 0.1) is 6.42 Å². The van der Waals surface area contributed by atoms with Gasteiger partial charge in [-0.1, -0.05) is 48.6 Å². The number of hydrogen-bond donors (Lipinski definition) is 0. The molecule has 0 heterocycles. The van der Waals surface area contributed by atoms with E-state index in [1.165, 1.54) is 0 Å². The van der Waals surface area contributed by atoms with Crippen LogP contribution >= 0.6 is 0 Å². The Bertz CT molecular complexity index is 204. The molecule has 0 nitrogen and oxygen atoms in total. The maximum Gasteiger partial charge on any atom is -0.0166 e. The van der Waals surface area contributed by atoms with E-state index >= 15 is 0 Å². The van der Waals surface area contributed by atoms with Crippen LogP contribution in [0.2, 0.25) is 0 Å². The highest BCUT2D eigenvalue weighted by Gasteiger charge is 1.80. The Labute approximate surface area is 75.0 Å². The highest BCUT2D eigenvalue weighted by atomic mass is 13.9. The maximum absolute atomic E-state index is 2.21. The first-order valence-electron chi connectivity index (χ1n) is 4.47. The summed E-state index contributed by atoms with van der Waals surface area (Å²) in [7, 11) is 0. The predicted molar refractivity (Wildman–Crippen MR) is 54.7 cm³/mol. The molecule has 0 aromatic rings. The fraction of sp³-hybridized carbons (Fsp3) is 0.250. The normalized spacial score (nSPS) is 18.7. The molecule has 0 bridgehead atoms. The molecular formula is C12H15. The first kappa shape index (κ1) is 9.05. The van der Waals surface area contributed by atoms with Crippen LogP contribution in [0.3, 0.4) is 0 Å². The van der Waals surface area contributed by atoms with E-state index < -0.39 is 0 Å². The number of hydrogen-bond acceptors (Lipinski definition) is 0. The van der Waals surface area contributed by atoms with Crippen molar-refractivity contribution in [1.82, 2.24) is 0 Å². The Morgan fingerprint density at radius 2 is 1.33 bits per heavy atom. The Hall–Kier alpha value is -1.04. The van der Waals surface area contributed by atoms with Crippen LogP contribution in [0.5, 0.6) is 0 Å². The molecule has 12 heavy (non-hydrogen) atoms. The van der Waals surface area contributed by atoms with E-state index in [1.54, 1.807) is 0 Å². The molecule has 0 amide bonds. The fourth-order valence-corrected chi connectivity index (χ4v) is 1.00. The Morgan fingerprint density at radius 1 is 0.583 bits per heavy atom. The van der Waals surface area contributed by atoms with Gasteiger partial charge in [0.15, 0.2) is 0 Å². The summed E-state index contributed by atoms with van der Waals surface area (Å²) >= 11 is 0. The molecule has 63 valence electrons. The molecule has 0 fully saturated rings. The van der Waals surface area contributed by atoms with Gasteiger partial charge in [0.05, 0.1) is 0 Å². The summed E-state index contributed by atoms with van der Waals surface area (Å²) in [5.74, 6) is 0. The van der Waals surface area contributed by atoms with Crippen molar-refractivity contribution < 1.29 is 0 Å². The topological polar surface area (TPSA) is 0 Å². The van der Waals surface area contributed by atoms with E-state index in [4.69, 9.17) is 0 Å². The molecule has 0 aromatic heterocycles. The molecule has 0 N–H and O–H groups in total. The minimum atomic E-state index is 1.03. The lowest BCUT2D eigenvalue weighted by atomic mass is 10.2. The van der Waals surface area contributed by atoms with Gasteiger partial charge in [0, 0.05) is 0 Å². The lowest BCUT2D eigenvalue weighted by Gasteiger charge is -1.89. The molecule has 0 aliphatic heterocycles. The van der Waals surface area contributed by atoms with Gasteiger partial charge in [0.1, 0.15) is 0 Å². The minimum Gasteiger partial charge on any atom is -0.0845 e. The van der Waals surface area contributed by atoms with Crippen LogP contribution < -0.4 is 0 Å². The monoisotopic (exact) mass is 159 g/mol. The highest BCUT2D eigenvalue weighted by Crippen LogP contribution is 1.99. The van der Waals surface area contributed by atoms with E-state index in [1.807, 2.05) is 0 Å². The van der Waals surface area contributed by atoms with Crippen LogP contribution in [-0.2, 0) is 0 Å². The van der Waals surface area contributed by atoms with Gasteiger partial charge >= 0.3 is 0 Å². The summed E-state index contributed by atoms with van der Waals surface area (Å²) in [6, 6.07) is 0. The third-order valence-corrected chi connectivity index (χ3v) is 1.65. The molecule has 0 saturated carbocycles. The van der Waals surface area contributed by atoms with E-state index in [0.29, 0.717) is 0 Å². The van der Waals surface area contributed by atoms with Gasteiger partial charge < -0.3 is 0 Å². The zero-order chi connectivity index (χ0) is 8.49. The average molecular weight is 159 g/mol. The summed E-state index contributed by atoms with van der Waals surface area (Å²) in [5.41, 5.74) is 0. The zero-order valence-corrected chi connectivity index (χ0v) is 7.32. The molecular weight excluding hydrogens is 144 g/mol. The molecule has 0 aromatic carbocycles. The molecule has 1 radical (unpaired) electrons. The lowest BCUT2D eigenvalue weighted by molar-refractivity contribution is 1.00. The van der Waals surface area contributed by atoms with Gasteiger partial charge in [0.2, 0.25) is 0 Å². The predicted octanol–water partition coefficient (Wildman–Crippen LogP) is 3.60. The van der Waals surface area contributed by atoms with Crippen molar-refractivity contribution in [3.63, 3.8) is 0 Å². The minimum absolute atomic E-state index is 1.03. The standard InChI is InChI=1S/C12H15/c1-2-4-6-8-10-12-11-9-7-5-3-1/h1-6,9,11-12H,7-8,10H2. The molecule has 0 unspecified atom stereocenters. The van der Waals surface area contributed by atoms with Crippen LogP contribution in [0.25, 0.3) is 0 Å². The van der Waals surface area contributed by atoms with E-state index in [9.17, 15) is 0 Å². The lowest BCUT2D eigenvalue weighted by Crippen LogP contribution is -1.71. The second-order valence-corrected chi connectivity index (χ2v) is 2.72. The molecule has 1 aliphatic rings. The average Bonchev–Trinajstić information content (AvgIpc) is 2.05. The molecule has 0 atom stereocenters. The highest BCUT2D eigenvalue weighted by molar-refractivity contribution is 5.13. The molecule has 1 aliphatic carbocycles. The van der Waals surface area contributed by atoms with Gasteiger partial charge in [-0.15, -0.1) is 0 Å². The molecule has 0 saturated heterocycles.